The van der Waals surface area contributed by atoms with Crippen LogP contribution in [-0.2, 0) is 15.9 Å². The summed E-state index contributed by atoms with van der Waals surface area (Å²) in [7, 11) is -5.30. The van der Waals surface area contributed by atoms with Crippen molar-refractivity contribution in [3.63, 3.8) is 0 Å². The van der Waals surface area contributed by atoms with Gasteiger partial charge in [0.05, 0.1) is 11.9 Å². The molecule has 0 aliphatic heterocycles. The van der Waals surface area contributed by atoms with Crippen molar-refractivity contribution in [2.24, 2.45) is 10.8 Å². The summed E-state index contributed by atoms with van der Waals surface area (Å²) in [6, 6.07) is 6.89. The number of aromatic nitrogens is 1. The number of hydrazone groups is 1. The van der Waals surface area contributed by atoms with Gasteiger partial charge in [0, 0.05) is 16.8 Å². The Kier molecular flexibility index (Phi) is 14.0. The molecule has 0 spiro atoms. The Morgan fingerprint density at radius 3 is 2.71 bits per heavy atom. The van der Waals surface area contributed by atoms with Crippen LogP contribution in [0.3, 0.4) is 0 Å². The molecule has 16 heteroatoms. The van der Waals surface area contributed by atoms with Crippen LogP contribution in [0.1, 0.15) is 11.3 Å². The van der Waals surface area contributed by atoms with E-state index >= 15 is 0 Å². The van der Waals surface area contributed by atoms with Gasteiger partial charge in [-0.3, -0.25) is 15.7 Å². The maximum absolute atomic E-state index is 12.1. The van der Waals surface area contributed by atoms with Gasteiger partial charge in [-0.2, -0.15) is 5.10 Å². The number of rotatable bonds is 7. The number of phosphoric acid groups is 1. The number of hydrogen-bond donors (Lipinski definition) is 3. The fourth-order valence-corrected chi connectivity index (χ4v) is 2.61. The molecule has 2 aromatic rings. The number of halogens is 1. The number of nitrogens with one attached hydrogen (secondary N) is 2. The number of ether oxygens (including phenoxy) is 1. The summed E-state index contributed by atoms with van der Waals surface area (Å²) in [5, 5.41) is 6.36. The van der Waals surface area contributed by atoms with Gasteiger partial charge in [0.25, 0.3) is 0 Å². The number of nitrogens with two attached hydrogens (primary N) is 1. The van der Waals surface area contributed by atoms with Crippen LogP contribution in [0.15, 0.2) is 41.6 Å². The van der Waals surface area contributed by atoms with Gasteiger partial charge < -0.3 is 29.3 Å². The summed E-state index contributed by atoms with van der Waals surface area (Å²) in [6.45, 7) is -0.422. The van der Waals surface area contributed by atoms with Crippen LogP contribution in [0.2, 0.25) is 5.02 Å². The van der Waals surface area contributed by atoms with Crippen LogP contribution >= 0.6 is 31.6 Å². The monoisotopic (exact) mass is 503 g/mol. The van der Waals surface area contributed by atoms with E-state index in [2.05, 4.69) is 37.6 Å². The van der Waals surface area contributed by atoms with Gasteiger partial charge in [0.1, 0.15) is 25.9 Å². The molecule has 4 N–H and O–H groups in total. The van der Waals surface area contributed by atoms with E-state index in [-0.39, 0.29) is 91.9 Å². The van der Waals surface area contributed by atoms with Crippen molar-refractivity contribution in [3.05, 3.63) is 52.8 Å². The number of thiocarbonyl (C=S) groups is 1. The minimum Gasteiger partial charge on any atom is -0.780 e. The summed E-state index contributed by atoms with van der Waals surface area (Å²) in [5.41, 5.74) is 8.21. The number of hydrogen-bond acceptors (Lipinski definition) is 9. The number of amides is 1. The second-order valence-electron chi connectivity index (χ2n) is 5.16. The first-order valence-corrected chi connectivity index (χ1v) is 9.86. The van der Waals surface area contributed by atoms with Crippen molar-refractivity contribution in [3.8, 4) is 5.75 Å². The maximum atomic E-state index is 12.1. The van der Waals surface area contributed by atoms with E-state index in [0.717, 1.165) is 0 Å². The van der Waals surface area contributed by atoms with E-state index in [1.54, 1.807) is 6.07 Å². The molecule has 154 valence electrons. The number of phosphoric ester groups is 1. The van der Waals surface area contributed by atoms with Gasteiger partial charge in [0.2, 0.25) is 0 Å². The molecule has 1 aromatic heterocycles. The molecule has 1 heterocycles. The summed E-state index contributed by atoms with van der Waals surface area (Å²) < 4.78 is 20.2. The second kappa shape index (κ2) is 14.4. The number of nitrogens with zero attached hydrogens (tertiary/aromatic N) is 2. The Bertz CT molecular complexity index is 996. The predicted octanol–water partition coefficient (Wildman–Crippen LogP) is -5.13. The number of carbonyl (C=O) groups is 1. The van der Waals surface area contributed by atoms with Crippen molar-refractivity contribution in [1.29, 1.82) is 0 Å². The third-order valence-electron chi connectivity index (χ3n) is 3.03. The van der Waals surface area contributed by atoms with Crippen LogP contribution in [0.5, 0.6) is 5.75 Å². The van der Waals surface area contributed by atoms with E-state index in [1.165, 1.54) is 36.7 Å². The Labute approximate surface area is 231 Å². The van der Waals surface area contributed by atoms with E-state index in [9.17, 15) is 19.1 Å². The van der Waals surface area contributed by atoms with Crippen molar-refractivity contribution in [1.82, 2.24) is 10.4 Å². The van der Waals surface area contributed by atoms with Crippen molar-refractivity contribution in [2.45, 2.75) is 6.61 Å². The topological polar surface area (TPSA) is 174 Å². The largest absolute Gasteiger partial charge is 1.00 e. The van der Waals surface area contributed by atoms with E-state index < -0.39 is 20.5 Å². The molecule has 0 radical (unpaired) electrons. The Morgan fingerprint density at radius 2 is 2.06 bits per heavy atom. The SMILES string of the molecule is NC(=S)NN=Cc1ncccc1NC(=O)OCc1cc(Cl)ccc1OP(=O)([O-])[O-].[Na+].[Na+]. The first-order valence-electron chi connectivity index (χ1n) is 7.61. The standard InChI is InChI=1S/C15H15ClN5O6PS.2Na/c16-10-3-4-13(27-28(23,24)25)9(6-10)8-26-15(22)20-11-2-1-5-18-12(11)7-19-21-14(17)29;;/h1-7H,8H2,(H,20,22)(H3,17,21,29)(H2,23,24,25);;/q;2*+1/p-2. The van der Waals surface area contributed by atoms with E-state index in [4.69, 9.17) is 22.1 Å². The number of pyridine rings is 1. The molecule has 0 aliphatic carbocycles. The predicted molar refractivity (Wildman–Crippen MR) is 105 cm³/mol. The van der Waals surface area contributed by atoms with Crippen LogP contribution in [0, 0.1) is 0 Å². The number of anilines is 1. The minimum atomic E-state index is -5.30. The van der Waals surface area contributed by atoms with Crippen molar-refractivity contribution >= 4 is 54.7 Å². The van der Waals surface area contributed by atoms with Crippen LogP contribution in [0.4, 0.5) is 10.5 Å². The summed E-state index contributed by atoms with van der Waals surface area (Å²) >= 11 is 10.5. The van der Waals surface area contributed by atoms with Crippen LogP contribution in [0.25, 0.3) is 0 Å². The molecule has 0 saturated heterocycles. The minimum absolute atomic E-state index is 0. The molecule has 1 aromatic carbocycles. The van der Waals surface area contributed by atoms with E-state index in [1.807, 2.05) is 0 Å². The molecular weight excluding hydrogens is 491 g/mol. The molecule has 0 atom stereocenters. The van der Waals surface area contributed by atoms with Gasteiger partial charge >= 0.3 is 65.2 Å². The second-order valence-corrected chi connectivity index (χ2v) is 7.12. The first-order chi connectivity index (χ1) is 13.6. The zero-order valence-corrected chi connectivity index (χ0v) is 22.9. The molecule has 1 amide bonds. The normalized spacial score (nSPS) is 10.4. The van der Waals surface area contributed by atoms with Crippen LogP contribution in [-0.4, -0.2) is 22.4 Å². The molecule has 2 rings (SSSR count). The average Bonchev–Trinajstić information content (AvgIpc) is 2.62. The Balaban J connectivity index is 0.00000450. The first kappa shape index (κ1) is 30.2. The van der Waals surface area contributed by atoms with Gasteiger partial charge in [-0.25, -0.2) is 4.79 Å². The van der Waals surface area contributed by atoms with Gasteiger partial charge in [-0.1, -0.05) is 11.6 Å². The average molecular weight is 504 g/mol. The fourth-order valence-electron chi connectivity index (χ4n) is 1.94. The summed E-state index contributed by atoms with van der Waals surface area (Å²) in [5.74, 6) is -0.298. The Morgan fingerprint density at radius 1 is 1.35 bits per heavy atom. The summed E-state index contributed by atoms with van der Waals surface area (Å²) in [4.78, 5) is 37.8. The molecule has 31 heavy (non-hydrogen) atoms. The fraction of sp³-hybridized carbons (Fsp3) is 0.0667. The van der Waals surface area contributed by atoms with E-state index in [0.29, 0.717) is 0 Å². The third-order valence-corrected chi connectivity index (χ3v) is 3.77. The zero-order chi connectivity index (χ0) is 21.4. The summed E-state index contributed by atoms with van der Waals surface area (Å²) in [6.07, 6.45) is 1.85. The van der Waals surface area contributed by atoms with Gasteiger partial charge in [0.15, 0.2) is 5.11 Å². The van der Waals surface area contributed by atoms with Gasteiger partial charge in [-0.15, -0.1) is 0 Å². The van der Waals surface area contributed by atoms with Crippen molar-refractivity contribution in [2.75, 3.05) is 5.32 Å². The molecule has 0 aliphatic rings. The molecule has 0 fully saturated rings. The zero-order valence-electron chi connectivity index (χ0n) is 16.4. The van der Waals surface area contributed by atoms with Gasteiger partial charge in [-0.05, 0) is 42.5 Å². The smallest absolute Gasteiger partial charge is 0.780 e. The molecule has 0 unspecified atom stereocenters. The molecule has 11 nitrogen and oxygen atoms in total. The molecule has 0 saturated carbocycles. The quantitative estimate of drug-likeness (QED) is 0.109. The number of carbonyl (C=O) groups excluding carboxylic acids is 1. The molecular formula is C15H13ClN5Na2O6PS. The molecule has 0 bridgehead atoms. The third kappa shape index (κ3) is 11.6. The number of benzene rings is 1. The Hall–Kier alpha value is -0.760. The van der Waals surface area contributed by atoms with Crippen molar-refractivity contribution < 1.29 is 87.5 Å². The maximum Gasteiger partial charge on any atom is 1.00 e. The van der Waals surface area contributed by atoms with Crippen LogP contribution < -0.4 is 89.9 Å².